The molecule has 1 aliphatic rings. The quantitative estimate of drug-likeness (QED) is 0.867. The van der Waals surface area contributed by atoms with Gasteiger partial charge in [-0.2, -0.15) is 0 Å². The van der Waals surface area contributed by atoms with Crippen molar-refractivity contribution in [2.45, 2.75) is 52.7 Å². The Kier molecular flexibility index (Phi) is 3.46. The number of aromatic nitrogens is 2. The van der Waals surface area contributed by atoms with Crippen LogP contribution in [0.25, 0.3) is 11.3 Å². The smallest absolute Gasteiger partial charge is 0.399 e. The SMILES string of the molecule is Cc1nc(-c2ccc(B3OC(C)(C)C(C)(C)O3)cc2)c(C)[nH]1. The summed E-state index contributed by atoms with van der Waals surface area (Å²) in [5.41, 5.74) is 3.59. The van der Waals surface area contributed by atoms with E-state index in [2.05, 4.69) is 61.9 Å². The first-order valence-electron chi connectivity index (χ1n) is 7.69. The fourth-order valence-corrected chi connectivity index (χ4v) is 2.67. The maximum atomic E-state index is 6.08. The molecular weight excluding hydrogens is 275 g/mol. The molecule has 0 spiro atoms. The van der Waals surface area contributed by atoms with Crippen molar-refractivity contribution >= 4 is 12.6 Å². The van der Waals surface area contributed by atoms with Crippen LogP contribution in [-0.4, -0.2) is 28.3 Å². The van der Waals surface area contributed by atoms with Crippen LogP contribution in [0.5, 0.6) is 0 Å². The van der Waals surface area contributed by atoms with E-state index in [1.54, 1.807) is 0 Å². The minimum atomic E-state index is -0.318. The van der Waals surface area contributed by atoms with Crippen LogP contribution in [0.4, 0.5) is 0 Å². The highest BCUT2D eigenvalue weighted by atomic mass is 16.7. The van der Waals surface area contributed by atoms with E-state index in [4.69, 9.17) is 9.31 Å². The third-order valence-corrected chi connectivity index (χ3v) is 4.71. The van der Waals surface area contributed by atoms with E-state index in [9.17, 15) is 0 Å². The van der Waals surface area contributed by atoms with Gasteiger partial charge in [0.05, 0.1) is 16.9 Å². The summed E-state index contributed by atoms with van der Waals surface area (Å²) in [5, 5.41) is 0. The first kappa shape index (κ1) is 15.3. The standard InChI is InChI=1S/C17H23BN2O2/c1-11-15(20-12(2)19-11)13-7-9-14(10-8-13)18-21-16(3,4)17(5,6)22-18/h7-10H,1-6H3,(H,19,20). The topological polar surface area (TPSA) is 47.1 Å². The van der Waals surface area contributed by atoms with Gasteiger partial charge in [-0.3, -0.25) is 0 Å². The second kappa shape index (κ2) is 4.96. The molecule has 22 heavy (non-hydrogen) atoms. The molecule has 1 aliphatic heterocycles. The number of nitrogens with zero attached hydrogens (tertiary/aromatic N) is 1. The highest BCUT2D eigenvalue weighted by Crippen LogP contribution is 2.36. The third-order valence-electron chi connectivity index (χ3n) is 4.71. The molecule has 2 aromatic rings. The van der Waals surface area contributed by atoms with Crippen molar-refractivity contribution in [1.82, 2.24) is 9.97 Å². The van der Waals surface area contributed by atoms with Crippen molar-refractivity contribution in [1.29, 1.82) is 0 Å². The highest BCUT2D eigenvalue weighted by molar-refractivity contribution is 6.62. The Bertz CT molecular complexity index is 673. The molecule has 1 fully saturated rings. The minimum Gasteiger partial charge on any atom is -0.399 e. The minimum absolute atomic E-state index is 0.313. The number of rotatable bonds is 2. The highest BCUT2D eigenvalue weighted by Gasteiger charge is 2.51. The van der Waals surface area contributed by atoms with Crippen LogP contribution in [0.2, 0.25) is 0 Å². The van der Waals surface area contributed by atoms with Crippen LogP contribution in [0.15, 0.2) is 24.3 Å². The Morgan fingerprint density at radius 1 is 0.955 bits per heavy atom. The Morgan fingerprint density at radius 3 is 1.95 bits per heavy atom. The maximum Gasteiger partial charge on any atom is 0.494 e. The summed E-state index contributed by atoms with van der Waals surface area (Å²) in [5.74, 6) is 0.933. The number of imidazole rings is 1. The molecule has 0 radical (unpaired) electrons. The van der Waals surface area contributed by atoms with E-state index in [0.29, 0.717) is 0 Å². The van der Waals surface area contributed by atoms with Gasteiger partial charge in [-0.25, -0.2) is 4.98 Å². The summed E-state index contributed by atoms with van der Waals surface area (Å²) < 4.78 is 12.2. The van der Waals surface area contributed by atoms with Crippen LogP contribution in [-0.2, 0) is 9.31 Å². The van der Waals surface area contributed by atoms with Gasteiger partial charge in [0.2, 0.25) is 0 Å². The zero-order valence-electron chi connectivity index (χ0n) is 14.2. The zero-order valence-corrected chi connectivity index (χ0v) is 14.2. The normalized spacial score (nSPS) is 19.6. The summed E-state index contributed by atoms with van der Waals surface area (Å²) in [6.07, 6.45) is 0. The lowest BCUT2D eigenvalue weighted by Gasteiger charge is -2.32. The summed E-state index contributed by atoms with van der Waals surface area (Å²) >= 11 is 0. The van der Waals surface area contributed by atoms with Crippen molar-refractivity contribution < 1.29 is 9.31 Å². The van der Waals surface area contributed by atoms with Gasteiger partial charge >= 0.3 is 7.12 Å². The molecule has 1 N–H and O–H groups in total. The monoisotopic (exact) mass is 298 g/mol. The molecule has 0 bridgehead atoms. The van der Waals surface area contributed by atoms with Gasteiger partial charge in [-0.05, 0) is 47.0 Å². The number of aryl methyl sites for hydroxylation is 2. The fourth-order valence-electron chi connectivity index (χ4n) is 2.67. The van der Waals surface area contributed by atoms with Crippen LogP contribution >= 0.6 is 0 Å². The number of benzene rings is 1. The Morgan fingerprint density at radius 2 is 1.50 bits per heavy atom. The molecule has 116 valence electrons. The van der Waals surface area contributed by atoms with E-state index in [1.807, 2.05) is 13.8 Å². The second-order valence-electron chi connectivity index (χ2n) is 7.01. The predicted octanol–water partition coefficient (Wildman–Crippen LogP) is 2.99. The molecule has 0 unspecified atom stereocenters. The Labute approximate surface area is 132 Å². The molecular formula is C17H23BN2O2. The second-order valence-corrected chi connectivity index (χ2v) is 7.01. The van der Waals surface area contributed by atoms with E-state index < -0.39 is 0 Å². The molecule has 3 rings (SSSR count). The van der Waals surface area contributed by atoms with Gasteiger partial charge in [0.15, 0.2) is 0 Å². The molecule has 0 amide bonds. The largest absolute Gasteiger partial charge is 0.494 e. The van der Waals surface area contributed by atoms with Crippen molar-refractivity contribution in [3.8, 4) is 11.3 Å². The molecule has 5 heteroatoms. The van der Waals surface area contributed by atoms with E-state index in [1.165, 1.54) is 0 Å². The van der Waals surface area contributed by atoms with Crippen LogP contribution < -0.4 is 5.46 Å². The number of nitrogens with one attached hydrogen (secondary N) is 1. The summed E-state index contributed by atoms with van der Waals surface area (Å²) in [7, 11) is -0.318. The molecule has 1 aromatic carbocycles. The first-order chi connectivity index (χ1) is 10.2. The maximum absolute atomic E-state index is 6.08. The van der Waals surface area contributed by atoms with Crippen LogP contribution in [0, 0.1) is 13.8 Å². The molecule has 0 saturated carbocycles. The van der Waals surface area contributed by atoms with E-state index >= 15 is 0 Å². The van der Waals surface area contributed by atoms with Gasteiger partial charge in [0.1, 0.15) is 5.82 Å². The molecule has 4 nitrogen and oxygen atoms in total. The summed E-state index contributed by atoms with van der Waals surface area (Å²) in [4.78, 5) is 7.77. The van der Waals surface area contributed by atoms with Crippen molar-refractivity contribution in [2.75, 3.05) is 0 Å². The molecule has 1 aromatic heterocycles. The van der Waals surface area contributed by atoms with Crippen molar-refractivity contribution in [2.24, 2.45) is 0 Å². The Hall–Kier alpha value is -1.59. The average molecular weight is 298 g/mol. The lowest BCUT2D eigenvalue weighted by Crippen LogP contribution is -2.41. The van der Waals surface area contributed by atoms with Gasteiger partial charge in [-0.15, -0.1) is 0 Å². The van der Waals surface area contributed by atoms with Gasteiger partial charge < -0.3 is 14.3 Å². The predicted molar refractivity (Wildman–Crippen MR) is 89.2 cm³/mol. The van der Waals surface area contributed by atoms with E-state index in [-0.39, 0.29) is 18.3 Å². The first-order valence-corrected chi connectivity index (χ1v) is 7.69. The Balaban J connectivity index is 1.85. The van der Waals surface area contributed by atoms with Gasteiger partial charge in [0.25, 0.3) is 0 Å². The number of hydrogen-bond donors (Lipinski definition) is 1. The van der Waals surface area contributed by atoms with Crippen LogP contribution in [0.1, 0.15) is 39.2 Å². The lowest BCUT2D eigenvalue weighted by molar-refractivity contribution is 0.00578. The lowest BCUT2D eigenvalue weighted by atomic mass is 9.79. The number of aromatic amines is 1. The molecule has 0 atom stereocenters. The third kappa shape index (κ3) is 2.48. The molecule has 2 heterocycles. The van der Waals surface area contributed by atoms with Crippen molar-refractivity contribution in [3.63, 3.8) is 0 Å². The van der Waals surface area contributed by atoms with Gasteiger partial charge in [0, 0.05) is 11.3 Å². The van der Waals surface area contributed by atoms with Gasteiger partial charge in [-0.1, -0.05) is 24.3 Å². The fraction of sp³-hybridized carbons (Fsp3) is 0.471. The molecule has 0 aliphatic carbocycles. The van der Waals surface area contributed by atoms with Crippen LogP contribution in [0.3, 0.4) is 0 Å². The molecule has 1 saturated heterocycles. The zero-order chi connectivity index (χ0) is 16.1. The average Bonchev–Trinajstić information content (AvgIpc) is 2.86. The van der Waals surface area contributed by atoms with Crippen molar-refractivity contribution in [3.05, 3.63) is 35.8 Å². The summed E-state index contributed by atoms with van der Waals surface area (Å²) in [6, 6.07) is 8.26. The number of H-pyrrole nitrogens is 1. The van der Waals surface area contributed by atoms with E-state index in [0.717, 1.165) is 28.2 Å². The number of hydrogen-bond acceptors (Lipinski definition) is 3. The summed E-state index contributed by atoms with van der Waals surface area (Å²) in [6.45, 7) is 12.3.